The SMILES string of the molecule is CCC1CCCCN1C(=O)c1cnccc1NC. The fourth-order valence-corrected chi connectivity index (χ4v) is 2.63. The summed E-state index contributed by atoms with van der Waals surface area (Å²) in [5, 5.41) is 3.06. The van der Waals surface area contributed by atoms with E-state index < -0.39 is 0 Å². The summed E-state index contributed by atoms with van der Waals surface area (Å²) in [5.41, 5.74) is 1.54. The van der Waals surface area contributed by atoms with E-state index in [1.165, 1.54) is 6.42 Å². The first kappa shape index (κ1) is 12.9. The Bertz CT molecular complexity index is 419. The van der Waals surface area contributed by atoms with Crippen LogP contribution in [0.4, 0.5) is 5.69 Å². The normalized spacial score (nSPS) is 19.7. The molecule has 1 amide bonds. The van der Waals surface area contributed by atoms with Gasteiger partial charge in [0, 0.05) is 37.7 Å². The summed E-state index contributed by atoms with van der Waals surface area (Å²) in [7, 11) is 1.83. The fraction of sp³-hybridized carbons (Fsp3) is 0.571. The molecule has 18 heavy (non-hydrogen) atoms. The van der Waals surface area contributed by atoms with Gasteiger partial charge >= 0.3 is 0 Å². The van der Waals surface area contributed by atoms with Gasteiger partial charge in [0.15, 0.2) is 0 Å². The highest BCUT2D eigenvalue weighted by Gasteiger charge is 2.27. The van der Waals surface area contributed by atoms with Crippen molar-refractivity contribution in [2.75, 3.05) is 18.9 Å². The van der Waals surface area contributed by atoms with E-state index in [1.54, 1.807) is 12.4 Å². The summed E-state index contributed by atoms with van der Waals surface area (Å²) in [4.78, 5) is 18.7. The molecular weight excluding hydrogens is 226 g/mol. The molecule has 1 aliphatic rings. The summed E-state index contributed by atoms with van der Waals surface area (Å²) < 4.78 is 0. The molecule has 0 aromatic carbocycles. The van der Waals surface area contributed by atoms with Gasteiger partial charge in [-0.15, -0.1) is 0 Å². The Kier molecular flexibility index (Phi) is 4.18. The van der Waals surface area contributed by atoms with Crippen molar-refractivity contribution >= 4 is 11.6 Å². The summed E-state index contributed by atoms with van der Waals surface area (Å²) in [6.07, 6.45) is 7.86. The number of likely N-dealkylation sites (tertiary alicyclic amines) is 1. The Morgan fingerprint density at radius 2 is 2.39 bits per heavy atom. The molecule has 1 unspecified atom stereocenters. The van der Waals surface area contributed by atoms with Crippen molar-refractivity contribution in [1.29, 1.82) is 0 Å². The van der Waals surface area contributed by atoms with Crippen LogP contribution in [0.15, 0.2) is 18.5 Å². The van der Waals surface area contributed by atoms with Crippen molar-refractivity contribution in [1.82, 2.24) is 9.88 Å². The van der Waals surface area contributed by atoms with Crippen LogP contribution in [0, 0.1) is 0 Å². The largest absolute Gasteiger partial charge is 0.387 e. The summed E-state index contributed by atoms with van der Waals surface area (Å²) in [6.45, 7) is 3.02. The number of carbonyl (C=O) groups is 1. The Hall–Kier alpha value is -1.58. The Balaban J connectivity index is 2.24. The van der Waals surface area contributed by atoms with Crippen LogP contribution >= 0.6 is 0 Å². The molecule has 1 saturated heterocycles. The van der Waals surface area contributed by atoms with Crippen molar-refractivity contribution < 1.29 is 4.79 Å². The number of piperidine rings is 1. The molecule has 4 nitrogen and oxygen atoms in total. The molecular formula is C14H21N3O. The number of hydrogen-bond acceptors (Lipinski definition) is 3. The van der Waals surface area contributed by atoms with Crippen LogP contribution in [0.5, 0.6) is 0 Å². The molecule has 0 spiro atoms. The summed E-state index contributed by atoms with van der Waals surface area (Å²) >= 11 is 0. The molecule has 1 aromatic heterocycles. The van der Waals surface area contributed by atoms with Gasteiger partial charge in [-0.3, -0.25) is 9.78 Å². The smallest absolute Gasteiger partial charge is 0.257 e. The summed E-state index contributed by atoms with van der Waals surface area (Å²) in [5.74, 6) is 0.110. The molecule has 2 heterocycles. The van der Waals surface area contributed by atoms with Gasteiger partial charge < -0.3 is 10.2 Å². The van der Waals surface area contributed by atoms with E-state index in [4.69, 9.17) is 0 Å². The van der Waals surface area contributed by atoms with Crippen molar-refractivity contribution in [3.8, 4) is 0 Å². The van der Waals surface area contributed by atoms with Crippen molar-refractivity contribution in [3.63, 3.8) is 0 Å². The average molecular weight is 247 g/mol. The molecule has 4 heteroatoms. The molecule has 1 fully saturated rings. The third-order valence-corrected chi connectivity index (χ3v) is 3.68. The molecule has 1 aromatic rings. The number of amides is 1. The number of pyridine rings is 1. The third-order valence-electron chi connectivity index (χ3n) is 3.68. The van der Waals surface area contributed by atoms with E-state index in [2.05, 4.69) is 17.2 Å². The van der Waals surface area contributed by atoms with E-state index in [0.29, 0.717) is 11.6 Å². The molecule has 1 atom stereocenters. The van der Waals surface area contributed by atoms with Crippen LogP contribution in [-0.4, -0.2) is 35.4 Å². The zero-order valence-electron chi connectivity index (χ0n) is 11.1. The van der Waals surface area contributed by atoms with Gasteiger partial charge in [0.05, 0.1) is 5.56 Å². The Morgan fingerprint density at radius 1 is 1.56 bits per heavy atom. The van der Waals surface area contributed by atoms with Gasteiger partial charge in [-0.25, -0.2) is 0 Å². The van der Waals surface area contributed by atoms with Crippen molar-refractivity contribution in [2.45, 2.75) is 38.6 Å². The lowest BCUT2D eigenvalue weighted by Gasteiger charge is -2.35. The standard InChI is InChI=1S/C14H21N3O/c1-3-11-6-4-5-9-17(11)14(18)12-10-16-8-7-13(12)15-2/h7-8,10-11H,3-6,9H2,1-2H3,(H,15,16). The highest BCUT2D eigenvalue weighted by Crippen LogP contribution is 2.24. The number of nitrogens with one attached hydrogen (secondary N) is 1. The molecule has 98 valence electrons. The molecule has 0 saturated carbocycles. The third kappa shape index (κ3) is 2.47. The van der Waals surface area contributed by atoms with E-state index in [9.17, 15) is 4.79 Å². The number of rotatable bonds is 3. The minimum atomic E-state index is 0.110. The van der Waals surface area contributed by atoms with Crippen LogP contribution in [0.2, 0.25) is 0 Å². The van der Waals surface area contributed by atoms with Crippen LogP contribution in [-0.2, 0) is 0 Å². The zero-order chi connectivity index (χ0) is 13.0. The second-order valence-corrected chi connectivity index (χ2v) is 4.73. The van der Waals surface area contributed by atoms with Gasteiger partial charge in [0.25, 0.3) is 5.91 Å². The van der Waals surface area contributed by atoms with Crippen molar-refractivity contribution in [2.24, 2.45) is 0 Å². The quantitative estimate of drug-likeness (QED) is 0.892. The van der Waals surface area contributed by atoms with Crippen LogP contribution in [0.3, 0.4) is 0 Å². The van der Waals surface area contributed by atoms with Crippen molar-refractivity contribution in [3.05, 3.63) is 24.0 Å². The number of nitrogens with zero attached hydrogens (tertiary/aromatic N) is 2. The number of anilines is 1. The van der Waals surface area contributed by atoms with E-state index in [-0.39, 0.29) is 5.91 Å². The number of aromatic nitrogens is 1. The predicted octanol–water partition coefficient (Wildman–Crippen LogP) is 2.53. The van der Waals surface area contributed by atoms with Gasteiger partial charge in [0.2, 0.25) is 0 Å². The lowest BCUT2D eigenvalue weighted by Crippen LogP contribution is -2.43. The second kappa shape index (κ2) is 5.85. The van der Waals surface area contributed by atoms with Gasteiger partial charge in [-0.2, -0.15) is 0 Å². The highest BCUT2D eigenvalue weighted by atomic mass is 16.2. The fourth-order valence-electron chi connectivity index (χ4n) is 2.63. The average Bonchev–Trinajstić information content (AvgIpc) is 2.46. The minimum absolute atomic E-state index is 0.110. The van der Waals surface area contributed by atoms with Gasteiger partial charge in [-0.1, -0.05) is 6.92 Å². The van der Waals surface area contributed by atoms with Crippen LogP contribution in [0.1, 0.15) is 43.0 Å². The minimum Gasteiger partial charge on any atom is -0.387 e. The highest BCUT2D eigenvalue weighted by molar-refractivity contribution is 5.99. The molecule has 0 radical (unpaired) electrons. The first-order chi connectivity index (χ1) is 8.77. The molecule has 2 rings (SSSR count). The zero-order valence-corrected chi connectivity index (χ0v) is 11.1. The predicted molar refractivity (Wildman–Crippen MR) is 72.8 cm³/mol. The molecule has 0 bridgehead atoms. The Morgan fingerprint density at radius 3 is 3.11 bits per heavy atom. The molecule has 1 aliphatic heterocycles. The maximum Gasteiger partial charge on any atom is 0.257 e. The first-order valence-electron chi connectivity index (χ1n) is 6.70. The van der Waals surface area contributed by atoms with Crippen LogP contribution < -0.4 is 5.32 Å². The molecule has 0 aliphatic carbocycles. The Labute approximate surface area is 108 Å². The van der Waals surface area contributed by atoms with Gasteiger partial charge in [0.1, 0.15) is 0 Å². The number of hydrogen-bond donors (Lipinski definition) is 1. The maximum atomic E-state index is 12.6. The lowest BCUT2D eigenvalue weighted by molar-refractivity contribution is 0.0608. The molecule has 1 N–H and O–H groups in total. The second-order valence-electron chi connectivity index (χ2n) is 4.73. The van der Waals surface area contributed by atoms with Crippen LogP contribution in [0.25, 0.3) is 0 Å². The van der Waals surface area contributed by atoms with E-state index in [0.717, 1.165) is 31.5 Å². The monoisotopic (exact) mass is 247 g/mol. The first-order valence-corrected chi connectivity index (χ1v) is 6.70. The lowest BCUT2D eigenvalue weighted by atomic mass is 9.99. The summed E-state index contributed by atoms with van der Waals surface area (Å²) in [6, 6.07) is 2.23. The van der Waals surface area contributed by atoms with E-state index in [1.807, 2.05) is 18.0 Å². The maximum absolute atomic E-state index is 12.6. The van der Waals surface area contributed by atoms with E-state index >= 15 is 0 Å². The number of carbonyl (C=O) groups excluding carboxylic acids is 1. The topological polar surface area (TPSA) is 45.2 Å². The van der Waals surface area contributed by atoms with Gasteiger partial charge in [-0.05, 0) is 31.7 Å².